The minimum atomic E-state index is -0.838. The van der Waals surface area contributed by atoms with Crippen molar-refractivity contribution in [2.45, 2.75) is 44.9 Å². The lowest BCUT2D eigenvalue weighted by atomic mass is 10.1. The highest BCUT2D eigenvalue weighted by atomic mass is 32.1. The maximum atomic E-state index is 13.9. The van der Waals surface area contributed by atoms with Crippen molar-refractivity contribution in [3.63, 3.8) is 0 Å². The van der Waals surface area contributed by atoms with E-state index in [9.17, 15) is 9.18 Å². The Kier molecular flexibility index (Phi) is 5.50. The Morgan fingerprint density at radius 3 is 3.08 bits per heavy atom. The molecule has 7 heteroatoms. The van der Waals surface area contributed by atoms with Crippen LogP contribution in [0.2, 0.25) is 0 Å². The van der Waals surface area contributed by atoms with E-state index in [4.69, 9.17) is 4.74 Å². The van der Waals surface area contributed by atoms with Gasteiger partial charge in [0, 0.05) is 38.1 Å². The van der Waals surface area contributed by atoms with E-state index in [2.05, 4.69) is 9.88 Å². The van der Waals surface area contributed by atoms with E-state index in [0.29, 0.717) is 38.2 Å². The highest BCUT2D eigenvalue weighted by Gasteiger charge is 2.34. The average Bonchev–Trinajstić information content (AvgIpc) is 3.13. The van der Waals surface area contributed by atoms with Crippen LogP contribution in [0.25, 0.3) is 0 Å². The van der Waals surface area contributed by atoms with Gasteiger partial charge in [0.2, 0.25) is 0 Å². The van der Waals surface area contributed by atoms with Crippen molar-refractivity contribution >= 4 is 17.2 Å². The predicted octanol–water partition coefficient (Wildman–Crippen LogP) is 2.52. The Morgan fingerprint density at radius 1 is 1.58 bits per heavy atom. The van der Waals surface area contributed by atoms with Gasteiger partial charge in [0.1, 0.15) is 6.17 Å². The van der Waals surface area contributed by atoms with Crippen molar-refractivity contribution in [1.82, 2.24) is 14.8 Å². The van der Waals surface area contributed by atoms with Crippen molar-refractivity contribution in [2.75, 3.05) is 26.7 Å². The van der Waals surface area contributed by atoms with Crippen LogP contribution in [0.4, 0.5) is 4.39 Å². The lowest BCUT2D eigenvalue weighted by Gasteiger charge is -2.28. The highest BCUT2D eigenvalue weighted by molar-refractivity contribution is 7.09. The molecule has 1 fully saturated rings. The van der Waals surface area contributed by atoms with Crippen molar-refractivity contribution in [2.24, 2.45) is 0 Å². The molecule has 2 atom stereocenters. The second-order valence-electron chi connectivity index (χ2n) is 6.58. The summed E-state index contributed by atoms with van der Waals surface area (Å²) in [5.41, 5.74) is 1.69. The first-order valence-electron chi connectivity index (χ1n) is 8.38. The molecule has 0 N–H and O–H groups in total. The summed E-state index contributed by atoms with van der Waals surface area (Å²) in [5, 5.41) is 3.05. The molecule has 24 heavy (non-hydrogen) atoms. The molecule has 2 aliphatic rings. The monoisotopic (exact) mass is 353 g/mol. The number of alkyl halides is 1. The zero-order valence-electron chi connectivity index (χ0n) is 14.2. The third-order valence-electron chi connectivity index (χ3n) is 4.55. The van der Waals surface area contributed by atoms with Gasteiger partial charge < -0.3 is 9.64 Å². The number of amides is 1. The lowest BCUT2D eigenvalue weighted by Crippen LogP contribution is -2.41. The third-order valence-corrected chi connectivity index (χ3v) is 5.37. The van der Waals surface area contributed by atoms with Crippen LogP contribution in [0.1, 0.15) is 30.0 Å². The van der Waals surface area contributed by atoms with E-state index in [0.717, 1.165) is 23.5 Å². The number of halogens is 1. The van der Waals surface area contributed by atoms with Gasteiger partial charge >= 0.3 is 0 Å². The molecule has 0 saturated carbocycles. The highest BCUT2D eigenvalue weighted by Crippen LogP contribution is 2.24. The Hall–Kier alpha value is -1.47. The first-order chi connectivity index (χ1) is 11.5. The van der Waals surface area contributed by atoms with Crippen molar-refractivity contribution in [3.8, 4) is 0 Å². The van der Waals surface area contributed by atoms with Crippen molar-refractivity contribution in [3.05, 3.63) is 27.9 Å². The molecule has 1 amide bonds. The van der Waals surface area contributed by atoms with Crippen molar-refractivity contribution in [1.29, 1.82) is 0 Å². The molecule has 0 unspecified atom stereocenters. The average molecular weight is 353 g/mol. The van der Waals surface area contributed by atoms with Crippen molar-refractivity contribution < 1.29 is 13.9 Å². The topological polar surface area (TPSA) is 45.7 Å². The van der Waals surface area contributed by atoms with E-state index in [1.807, 2.05) is 12.3 Å². The van der Waals surface area contributed by atoms with Gasteiger partial charge in [0.15, 0.2) is 0 Å². The van der Waals surface area contributed by atoms with E-state index in [1.165, 1.54) is 0 Å². The number of hydrogen-bond donors (Lipinski definition) is 0. The van der Waals surface area contributed by atoms with Crippen LogP contribution in [-0.4, -0.2) is 59.6 Å². The Bertz CT molecular complexity index is 619. The molecule has 5 nitrogen and oxygen atoms in total. The predicted molar refractivity (Wildman–Crippen MR) is 91.5 cm³/mol. The van der Waals surface area contributed by atoms with Gasteiger partial charge in [-0.1, -0.05) is 0 Å². The van der Waals surface area contributed by atoms with E-state index >= 15 is 0 Å². The Labute approximate surface area is 146 Å². The molecular formula is C17H24FN3O2S. The van der Waals surface area contributed by atoms with Crippen LogP contribution in [0.3, 0.4) is 0 Å². The number of carbonyl (C=O) groups is 1. The second kappa shape index (κ2) is 7.61. The summed E-state index contributed by atoms with van der Waals surface area (Å²) in [6.07, 6.45) is 2.83. The fourth-order valence-electron chi connectivity index (χ4n) is 3.36. The summed E-state index contributed by atoms with van der Waals surface area (Å²) in [5.74, 6) is -0.0125. The molecule has 3 heterocycles. The molecular weight excluding hydrogens is 329 g/mol. The second-order valence-corrected chi connectivity index (χ2v) is 7.64. The molecule has 132 valence electrons. The third kappa shape index (κ3) is 4.13. The molecule has 3 rings (SSSR count). The summed E-state index contributed by atoms with van der Waals surface area (Å²) in [6, 6.07) is 0.0288. The summed E-state index contributed by atoms with van der Waals surface area (Å²) in [4.78, 5) is 20.8. The normalized spacial score (nSPS) is 24.5. The van der Waals surface area contributed by atoms with Gasteiger partial charge in [-0.05, 0) is 26.2 Å². The minimum Gasteiger partial charge on any atom is -0.501 e. The van der Waals surface area contributed by atoms with Gasteiger partial charge in [0.05, 0.1) is 29.1 Å². The summed E-state index contributed by atoms with van der Waals surface area (Å²) in [6.45, 7) is 4.23. The fraction of sp³-hybridized carbons (Fsp3) is 0.647. The molecule has 1 aromatic heterocycles. The first-order valence-corrected chi connectivity index (χ1v) is 9.26. The summed E-state index contributed by atoms with van der Waals surface area (Å²) < 4.78 is 19.2. The van der Waals surface area contributed by atoms with E-state index < -0.39 is 6.17 Å². The first kappa shape index (κ1) is 17.4. The number of nitrogens with zero attached hydrogens (tertiary/aromatic N) is 3. The van der Waals surface area contributed by atoms with Crippen LogP contribution < -0.4 is 0 Å². The molecule has 1 aromatic rings. The SMILES string of the molecule is Cc1nc(CN2C[C@@H](F)C[C@H]2CN(C)C(=O)C2=COCCC2)cs1. The molecule has 0 bridgehead atoms. The Morgan fingerprint density at radius 2 is 2.42 bits per heavy atom. The standard InChI is InChI=1S/C17H24FN3O2S/c1-12-19-15(11-24-12)8-21-7-14(18)6-16(21)9-20(2)17(22)13-4-3-5-23-10-13/h10-11,14,16H,3-9H2,1-2H3/t14-,16-/m0/s1. The van der Waals surface area contributed by atoms with Gasteiger partial charge in [-0.15, -0.1) is 11.3 Å². The zero-order valence-corrected chi connectivity index (χ0v) is 15.0. The zero-order chi connectivity index (χ0) is 17.1. The van der Waals surface area contributed by atoms with Crippen LogP contribution in [-0.2, 0) is 16.1 Å². The maximum Gasteiger partial charge on any atom is 0.252 e. The largest absolute Gasteiger partial charge is 0.501 e. The lowest BCUT2D eigenvalue weighted by molar-refractivity contribution is -0.127. The molecule has 0 aliphatic carbocycles. The van der Waals surface area contributed by atoms with E-state index in [-0.39, 0.29) is 11.9 Å². The number of thiazole rings is 1. The fourth-order valence-corrected chi connectivity index (χ4v) is 3.96. The van der Waals surface area contributed by atoms with Gasteiger partial charge in [-0.2, -0.15) is 0 Å². The molecule has 0 aromatic carbocycles. The number of ether oxygens (including phenoxy) is 1. The number of carbonyl (C=O) groups excluding carboxylic acids is 1. The number of hydrogen-bond acceptors (Lipinski definition) is 5. The van der Waals surface area contributed by atoms with Crippen LogP contribution in [0, 0.1) is 6.92 Å². The molecule has 2 aliphatic heterocycles. The quantitative estimate of drug-likeness (QED) is 0.816. The number of aromatic nitrogens is 1. The van der Waals surface area contributed by atoms with E-state index in [1.54, 1.807) is 29.5 Å². The van der Waals surface area contributed by atoms with Crippen LogP contribution in [0.15, 0.2) is 17.2 Å². The van der Waals surface area contributed by atoms with Gasteiger partial charge in [-0.3, -0.25) is 9.69 Å². The number of likely N-dealkylation sites (tertiary alicyclic amines) is 1. The van der Waals surface area contributed by atoms with Crippen LogP contribution in [0.5, 0.6) is 0 Å². The summed E-state index contributed by atoms with van der Waals surface area (Å²) in [7, 11) is 1.79. The van der Waals surface area contributed by atoms with Gasteiger partial charge in [0.25, 0.3) is 5.91 Å². The summed E-state index contributed by atoms with van der Waals surface area (Å²) >= 11 is 1.61. The maximum absolute atomic E-state index is 13.9. The smallest absolute Gasteiger partial charge is 0.252 e. The number of rotatable bonds is 5. The molecule has 0 spiro atoms. The number of likely N-dealkylation sites (N-methyl/N-ethyl adjacent to an activating group) is 1. The van der Waals surface area contributed by atoms with Crippen LogP contribution >= 0.6 is 11.3 Å². The number of aryl methyl sites for hydroxylation is 1. The minimum absolute atomic E-state index is 0.0125. The molecule has 1 saturated heterocycles. The Balaban J connectivity index is 1.61. The molecule has 0 radical (unpaired) electrons. The van der Waals surface area contributed by atoms with Gasteiger partial charge in [-0.25, -0.2) is 9.37 Å².